The van der Waals surface area contributed by atoms with Gasteiger partial charge in [0.15, 0.2) is 0 Å². The highest BCUT2D eigenvalue weighted by atomic mass is 32.2. The van der Waals surface area contributed by atoms with Gasteiger partial charge in [0.25, 0.3) is 0 Å². The normalized spacial score (nSPS) is 13.6. The van der Waals surface area contributed by atoms with Crippen molar-refractivity contribution in [2.24, 2.45) is 0 Å². The minimum Gasteiger partial charge on any atom is -0.340 e. The second-order valence-electron chi connectivity index (χ2n) is 8.75. The van der Waals surface area contributed by atoms with Crippen molar-refractivity contribution in [3.05, 3.63) is 65.4 Å². The SMILES string of the molecule is C#CCNS(=O)(=O)c1cc(Nc2ncc(C)c(Nc3cccc(CNS(=O)(=O)C4CC4)c3)n2)ccc1C. The number of rotatable bonds is 11. The molecule has 0 atom stereocenters. The highest BCUT2D eigenvalue weighted by Gasteiger charge is 2.35. The lowest BCUT2D eigenvalue weighted by molar-refractivity contribution is 0.579. The average Bonchev–Trinajstić information content (AvgIpc) is 3.72. The summed E-state index contributed by atoms with van der Waals surface area (Å²) in [5, 5.41) is 6.02. The maximum Gasteiger partial charge on any atom is 0.241 e. The third-order valence-corrected chi connectivity index (χ3v) is 9.14. The van der Waals surface area contributed by atoms with Gasteiger partial charge >= 0.3 is 0 Å². The standard InChI is InChI=1S/C25H28N6O4S2/c1-4-12-27-37(34,35)23-14-21(9-8-17(23)2)30-25-26-15-18(3)24(31-25)29-20-7-5-6-19(13-20)16-28-36(32,33)22-10-11-22/h1,5-9,13-15,22,27-28H,10-12,16H2,2-3H3,(H2,26,29,30,31). The summed E-state index contributed by atoms with van der Waals surface area (Å²) in [4.78, 5) is 8.95. The van der Waals surface area contributed by atoms with Crippen LogP contribution in [0, 0.1) is 26.2 Å². The number of hydrogen-bond donors (Lipinski definition) is 4. The van der Waals surface area contributed by atoms with Crippen molar-refractivity contribution in [2.75, 3.05) is 17.2 Å². The van der Waals surface area contributed by atoms with E-state index in [1.807, 2.05) is 31.2 Å². The zero-order valence-electron chi connectivity index (χ0n) is 20.4. The molecule has 37 heavy (non-hydrogen) atoms. The molecule has 0 radical (unpaired) electrons. The van der Waals surface area contributed by atoms with Crippen LogP contribution in [0.15, 0.2) is 53.6 Å². The summed E-state index contributed by atoms with van der Waals surface area (Å²) in [5.41, 5.74) is 3.40. The van der Waals surface area contributed by atoms with Gasteiger partial charge in [0, 0.05) is 29.7 Å². The molecule has 1 heterocycles. The van der Waals surface area contributed by atoms with Crippen LogP contribution in [-0.2, 0) is 26.6 Å². The van der Waals surface area contributed by atoms with E-state index in [9.17, 15) is 16.8 Å². The van der Waals surface area contributed by atoms with Gasteiger partial charge in [0.1, 0.15) is 5.82 Å². The van der Waals surface area contributed by atoms with Crippen molar-refractivity contribution >= 4 is 43.2 Å². The van der Waals surface area contributed by atoms with Gasteiger partial charge in [-0.15, -0.1) is 6.42 Å². The topological polar surface area (TPSA) is 142 Å². The Hall–Kier alpha value is -3.50. The Morgan fingerprint density at radius 1 is 0.973 bits per heavy atom. The van der Waals surface area contributed by atoms with Gasteiger partial charge in [0.05, 0.1) is 16.7 Å². The fourth-order valence-corrected chi connectivity index (χ4v) is 6.08. The maximum absolute atomic E-state index is 12.6. The number of anilines is 4. The van der Waals surface area contributed by atoms with Crippen LogP contribution in [0.25, 0.3) is 0 Å². The Labute approximate surface area is 217 Å². The zero-order chi connectivity index (χ0) is 26.6. The fraction of sp³-hybridized carbons (Fsp3) is 0.280. The molecule has 2 aromatic carbocycles. The zero-order valence-corrected chi connectivity index (χ0v) is 22.1. The van der Waals surface area contributed by atoms with Crippen LogP contribution in [0.2, 0.25) is 0 Å². The summed E-state index contributed by atoms with van der Waals surface area (Å²) in [6.07, 6.45) is 8.25. The first kappa shape index (κ1) is 26.6. The van der Waals surface area contributed by atoms with E-state index in [1.54, 1.807) is 25.3 Å². The molecule has 0 bridgehead atoms. The number of hydrogen-bond acceptors (Lipinski definition) is 8. The molecule has 1 aromatic heterocycles. The number of benzene rings is 2. The van der Waals surface area contributed by atoms with Crippen molar-refractivity contribution < 1.29 is 16.8 Å². The molecule has 3 aromatic rings. The van der Waals surface area contributed by atoms with E-state index < -0.39 is 20.0 Å². The van der Waals surface area contributed by atoms with Gasteiger partial charge in [-0.25, -0.2) is 26.5 Å². The number of nitrogens with one attached hydrogen (secondary N) is 4. The molecule has 1 fully saturated rings. The molecule has 10 nitrogen and oxygen atoms in total. The van der Waals surface area contributed by atoms with E-state index in [0.29, 0.717) is 29.9 Å². The number of aryl methyl sites for hydroxylation is 2. The molecular formula is C25H28N6O4S2. The van der Waals surface area contributed by atoms with Crippen LogP contribution in [0.5, 0.6) is 0 Å². The van der Waals surface area contributed by atoms with E-state index in [2.05, 4.69) is 36.0 Å². The average molecular weight is 541 g/mol. The molecule has 12 heteroatoms. The van der Waals surface area contributed by atoms with Crippen molar-refractivity contribution in [3.63, 3.8) is 0 Å². The van der Waals surface area contributed by atoms with Crippen molar-refractivity contribution in [2.45, 2.75) is 43.4 Å². The van der Waals surface area contributed by atoms with Crippen LogP contribution in [0.4, 0.5) is 23.1 Å². The van der Waals surface area contributed by atoms with E-state index >= 15 is 0 Å². The summed E-state index contributed by atoms with van der Waals surface area (Å²) < 4.78 is 54.4. The number of terminal acetylenes is 1. The predicted molar refractivity (Wildman–Crippen MR) is 144 cm³/mol. The maximum atomic E-state index is 12.6. The summed E-state index contributed by atoms with van der Waals surface area (Å²) in [7, 11) is -7.04. The molecule has 0 aliphatic heterocycles. The second-order valence-corrected chi connectivity index (χ2v) is 12.5. The van der Waals surface area contributed by atoms with Crippen LogP contribution in [0.3, 0.4) is 0 Å². The number of sulfonamides is 2. The Morgan fingerprint density at radius 3 is 2.46 bits per heavy atom. The summed E-state index contributed by atoms with van der Waals surface area (Å²) in [6, 6.07) is 12.3. The largest absolute Gasteiger partial charge is 0.340 e. The lowest BCUT2D eigenvalue weighted by Gasteiger charge is -2.13. The first-order chi connectivity index (χ1) is 17.6. The Balaban J connectivity index is 1.49. The van der Waals surface area contributed by atoms with Crippen LogP contribution in [0.1, 0.15) is 29.5 Å². The molecule has 194 valence electrons. The van der Waals surface area contributed by atoms with E-state index in [1.165, 1.54) is 6.07 Å². The summed E-state index contributed by atoms with van der Waals surface area (Å²) in [5.74, 6) is 3.07. The number of aromatic nitrogens is 2. The van der Waals surface area contributed by atoms with Crippen molar-refractivity contribution in [3.8, 4) is 12.3 Å². The van der Waals surface area contributed by atoms with Gasteiger partial charge < -0.3 is 10.6 Å². The van der Waals surface area contributed by atoms with E-state index in [4.69, 9.17) is 6.42 Å². The van der Waals surface area contributed by atoms with Gasteiger partial charge in [-0.3, -0.25) is 0 Å². The van der Waals surface area contributed by atoms with Gasteiger partial charge in [-0.1, -0.05) is 24.1 Å². The highest BCUT2D eigenvalue weighted by Crippen LogP contribution is 2.28. The third-order valence-electron chi connectivity index (χ3n) is 5.70. The van der Waals surface area contributed by atoms with E-state index in [0.717, 1.165) is 16.8 Å². The first-order valence-electron chi connectivity index (χ1n) is 11.6. The predicted octanol–water partition coefficient (Wildman–Crippen LogP) is 3.07. The quantitative estimate of drug-likeness (QED) is 0.272. The molecule has 0 spiro atoms. The Kier molecular flexibility index (Phi) is 7.79. The molecule has 1 aliphatic rings. The smallest absolute Gasteiger partial charge is 0.241 e. The summed E-state index contributed by atoms with van der Waals surface area (Å²) >= 11 is 0. The monoisotopic (exact) mass is 540 g/mol. The van der Waals surface area contributed by atoms with Crippen LogP contribution in [-0.4, -0.2) is 38.6 Å². The van der Waals surface area contributed by atoms with Gasteiger partial charge in [0.2, 0.25) is 26.0 Å². The molecule has 4 rings (SSSR count). The third kappa shape index (κ3) is 6.84. The molecule has 0 unspecified atom stereocenters. The fourth-order valence-electron chi connectivity index (χ4n) is 3.52. The lowest BCUT2D eigenvalue weighted by Crippen LogP contribution is -2.26. The van der Waals surface area contributed by atoms with Crippen molar-refractivity contribution in [1.82, 2.24) is 19.4 Å². The van der Waals surface area contributed by atoms with Crippen LogP contribution >= 0.6 is 0 Å². The molecule has 1 saturated carbocycles. The second kappa shape index (κ2) is 10.9. The lowest BCUT2D eigenvalue weighted by atomic mass is 10.2. The van der Waals surface area contributed by atoms with E-state index in [-0.39, 0.29) is 29.2 Å². The minimum atomic E-state index is -3.77. The Morgan fingerprint density at radius 2 is 1.73 bits per heavy atom. The first-order valence-corrected chi connectivity index (χ1v) is 14.6. The van der Waals surface area contributed by atoms with Crippen molar-refractivity contribution in [1.29, 1.82) is 0 Å². The number of nitrogens with zero attached hydrogens (tertiary/aromatic N) is 2. The minimum absolute atomic E-state index is 0.104. The Bertz CT molecular complexity index is 1560. The molecule has 4 N–H and O–H groups in total. The molecule has 0 saturated heterocycles. The molecule has 0 amide bonds. The van der Waals surface area contributed by atoms with Gasteiger partial charge in [-0.05, 0) is 62.1 Å². The highest BCUT2D eigenvalue weighted by molar-refractivity contribution is 7.90. The summed E-state index contributed by atoms with van der Waals surface area (Å²) in [6.45, 7) is 3.65. The van der Waals surface area contributed by atoms with Crippen LogP contribution < -0.4 is 20.1 Å². The molecule has 1 aliphatic carbocycles. The van der Waals surface area contributed by atoms with Gasteiger partial charge in [-0.2, -0.15) is 9.71 Å². The molecular weight excluding hydrogens is 512 g/mol.